The van der Waals surface area contributed by atoms with Crippen LogP contribution in [0.4, 0.5) is 26.3 Å². The van der Waals surface area contributed by atoms with Crippen LogP contribution in [-0.4, -0.2) is 60.9 Å². The smallest absolute Gasteiger partial charge is 0.485 e. The van der Waals surface area contributed by atoms with Crippen LogP contribution in [0.2, 0.25) is 0 Å². The number of para-hydroxylation sites is 2. The van der Waals surface area contributed by atoms with Crippen LogP contribution in [0.5, 0.6) is 11.5 Å². The maximum absolute atomic E-state index is 10.6. The zero-order valence-corrected chi connectivity index (χ0v) is 19.6. The van der Waals surface area contributed by atoms with Gasteiger partial charge in [0.25, 0.3) is 0 Å². The summed E-state index contributed by atoms with van der Waals surface area (Å²) in [7, 11) is 2.01. The summed E-state index contributed by atoms with van der Waals surface area (Å²) < 4.78 is 77.5. The van der Waals surface area contributed by atoms with E-state index in [1.807, 2.05) is 49.8 Å². The van der Waals surface area contributed by atoms with Gasteiger partial charge in [0.1, 0.15) is 6.61 Å². The Hall–Kier alpha value is -4.76. The number of imidazole rings is 1. The fourth-order valence-electron chi connectivity index (χ4n) is 3.23. The summed E-state index contributed by atoms with van der Waals surface area (Å²) >= 11 is 0. The number of fused-ring (bicyclic) bond motifs is 2. The number of aromatic nitrogens is 4. The van der Waals surface area contributed by atoms with Crippen molar-refractivity contribution in [2.24, 2.45) is 7.05 Å². The highest BCUT2D eigenvalue weighted by molar-refractivity contribution is 5.82. The van der Waals surface area contributed by atoms with Gasteiger partial charge in [-0.2, -0.15) is 31.4 Å². The van der Waals surface area contributed by atoms with E-state index in [9.17, 15) is 26.3 Å². The third kappa shape index (κ3) is 7.18. The zero-order valence-electron chi connectivity index (χ0n) is 19.6. The molecule has 208 valence electrons. The Balaban J connectivity index is 0.000000251. The fourth-order valence-corrected chi connectivity index (χ4v) is 3.23. The van der Waals surface area contributed by atoms with Crippen LogP contribution in [0.25, 0.3) is 22.2 Å². The summed E-state index contributed by atoms with van der Waals surface area (Å²) in [6.07, 6.45) is -6.70. The quantitative estimate of drug-likeness (QED) is 0.299. The third-order valence-corrected chi connectivity index (χ3v) is 5.03. The molecule has 3 heterocycles. The normalized spacial score (nSPS) is 14.5. The van der Waals surface area contributed by atoms with Crippen molar-refractivity contribution in [2.75, 3.05) is 6.61 Å². The Kier molecular flexibility index (Phi) is 8.36. The second-order valence-corrected chi connectivity index (χ2v) is 7.69. The molecule has 2 aromatic carbocycles. The molecular formula is C23H18F6N4O6. The van der Waals surface area contributed by atoms with Crippen molar-refractivity contribution in [3.05, 3.63) is 60.7 Å². The van der Waals surface area contributed by atoms with Gasteiger partial charge in [-0.3, -0.25) is 5.10 Å². The van der Waals surface area contributed by atoms with Crippen molar-refractivity contribution in [2.45, 2.75) is 18.5 Å². The van der Waals surface area contributed by atoms with E-state index < -0.39 is 24.3 Å². The van der Waals surface area contributed by atoms with Crippen molar-refractivity contribution in [3.63, 3.8) is 0 Å². The van der Waals surface area contributed by atoms with Crippen LogP contribution in [-0.2, 0) is 16.6 Å². The van der Waals surface area contributed by atoms with Crippen LogP contribution < -0.4 is 9.47 Å². The molecule has 0 amide bonds. The first-order valence-corrected chi connectivity index (χ1v) is 10.6. The molecule has 39 heavy (non-hydrogen) atoms. The monoisotopic (exact) mass is 560 g/mol. The standard InChI is InChI=1S/C19H16N4O2.2C2HF3O2/c1-23-15-8-12(13-9-20-21-10-13)6-7-14(15)22-19(23)18-11-24-16-4-2-3-5-17(16)25-18;2*3-2(4,5)1(6)7/h2-10,18H,11H2,1H3,(H,20,21);2*(H,6,7). The Labute approximate surface area is 214 Å². The molecule has 0 spiro atoms. The largest absolute Gasteiger partial charge is 0.490 e. The molecule has 1 unspecified atom stereocenters. The third-order valence-electron chi connectivity index (χ3n) is 5.03. The molecule has 3 N–H and O–H groups in total. The van der Waals surface area contributed by atoms with Gasteiger partial charge in [0.05, 0.1) is 17.2 Å². The first kappa shape index (κ1) is 28.8. The van der Waals surface area contributed by atoms with E-state index in [-0.39, 0.29) is 6.10 Å². The van der Waals surface area contributed by atoms with Crippen molar-refractivity contribution in [1.29, 1.82) is 0 Å². The highest BCUT2D eigenvalue weighted by Crippen LogP contribution is 2.36. The minimum atomic E-state index is -5.08. The van der Waals surface area contributed by atoms with E-state index in [2.05, 4.69) is 26.9 Å². The molecule has 0 fully saturated rings. The van der Waals surface area contributed by atoms with Gasteiger partial charge in [0.2, 0.25) is 0 Å². The van der Waals surface area contributed by atoms with E-state index in [0.717, 1.165) is 39.5 Å². The molecule has 0 bridgehead atoms. The van der Waals surface area contributed by atoms with Gasteiger partial charge in [-0.05, 0) is 29.8 Å². The molecule has 0 aliphatic carbocycles. The van der Waals surface area contributed by atoms with Gasteiger partial charge in [0.15, 0.2) is 23.4 Å². The number of carboxylic acid groups (broad SMARTS) is 2. The van der Waals surface area contributed by atoms with Gasteiger partial charge < -0.3 is 24.3 Å². The molecule has 5 rings (SSSR count). The summed E-state index contributed by atoms with van der Waals surface area (Å²) in [5, 5.41) is 21.1. The summed E-state index contributed by atoms with van der Waals surface area (Å²) in [6, 6.07) is 13.9. The van der Waals surface area contributed by atoms with Gasteiger partial charge in [-0.25, -0.2) is 14.6 Å². The Morgan fingerprint density at radius 3 is 2.10 bits per heavy atom. The van der Waals surface area contributed by atoms with Crippen LogP contribution in [0.15, 0.2) is 54.9 Å². The van der Waals surface area contributed by atoms with Gasteiger partial charge in [-0.1, -0.05) is 18.2 Å². The fraction of sp³-hybridized carbons (Fsp3) is 0.217. The average molecular weight is 560 g/mol. The minimum Gasteiger partial charge on any atom is -0.485 e. The number of hydrogen-bond acceptors (Lipinski definition) is 6. The van der Waals surface area contributed by atoms with Crippen LogP contribution in [0, 0.1) is 0 Å². The molecule has 4 aromatic rings. The van der Waals surface area contributed by atoms with E-state index >= 15 is 0 Å². The molecule has 1 aliphatic rings. The molecule has 1 atom stereocenters. The maximum atomic E-state index is 10.6. The van der Waals surface area contributed by atoms with Crippen LogP contribution in [0.1, 0.15) is 11.9 Å². The number of alkyl halides is 6. The van der Waals surface area contributed by atoms with Gasteiger partial charge >= 0.3 is 24.3 Å². The zero-order chi connectivity index (χ0) is 29.0. The Morgan fingerprint density at radius 1 is 0.974 bits per heavy atom. The predicted octanol–water partition coefficient (Wildman–Crippen LogP) is 4.74. The summed E-state index contributed by atoms with van der Waals surface area (Å²) in [5.41, 5.74) is 4.14. The van der Waals surface area contributed by atoms with E-state index in [4.69, 9.17) is 34.3 Å². The molecule has 2 aromatic heterocycles. The molecule has 16 heteroatoms. The van der Waals surface area contributed by atoms with Crippen LogP contribution >= 0.6 is 0 Å². The van der Waals surface area contributed by atoms with Crippen molar-refractivity contribution in [3.8, 4) is 22.6 Å². The number of carboxylic acids is 2. The lowest BCUT2D eigenvalue weighted by atomic mass is 10.1. The lowest BCUT2D eigenvalue weighted by molar-refractivity contribution is -0.193. The number of nitrogens with one attached hydrogen (secondary N) is 1. The number of benzene rings is 2. The highest BCUT2D eigenvalue weighted by Gasteiger charge is 2.38. The molecule has 0 saturated carbocycles. The van der Waals surface area contributed by atoms with Crippen molar-refractivity contribution in [1.82, 2.24) is 19.7 Å². The van der Waals surface area contributed by atoms with E-state index in [1.54, 1.807) is 0 Å². The number of carbonyl (C=O) groups is 2. The maximum Gasteiger partial charge on any atom is 0.490 e. The van der Waals surface area contributed by atoms with Gasteiger partial charge in [0, 0.05) is 18.8 Å². The Morgan fingerprint density at radius 2 is 1.56 bits per heavy atom. The highest BCUT2D eigenvalue weighted by atomic mass is 19.4. The first-order chi connectivity index (χ1) is 18.2. The topological polar surface area (TPSA) is 140 Å². The lowest BCUT2D eigenvalue weighted by Gasteiger charge is -2.25. The Bertz CT molecular complexity index is 1430. The molecule has 1 aliphatic heterocycles. The minimum absolute atomic E-state index is 0.232. The molecule has 0 saturated heterocycles. The van der Waals surface area contributed by atoms with E-state index in [0.29, 0.717) is 6.61 Å². The molecule has 0 radical (unpaired) electrons. The predicted molar refractivity (Wildman–Crippen MR) is 121 cm³/mol. The number of nitrogens with zero attached hydrogens (tertiary/aromatic N) is 3. The molecular weight excluding hydrogens is 542 g/mol. The molecule has 10 nitrogen and oxygen atoms in total. The second kappa shape index (κ2) is 11.3. The number of halogens is 6. The van der Waals surface area contributed by atoms with Crippen molar-refractivity contribution >= 4 is 23.0 Å². The van der Waals surface area contributed by atoms with E-state index in [1.165, 1.54) is 0 Å². The average Bonchev–Trinajstić information content (AvgIpc) is 3.52. The summed E-state index contributed by atoms with van der Waals surface area (Å²) in [4.78, 5) is 22.6. The SMILES string of the molecule is Cn1c(C2COc3ccccc3O2)nc2ccc(-c3cn[nH]c3)cc21.O=C(O)C(F)(F)F.O=C(O)C(F)(F)F. The van der Waals surface area contributed by atoms with Crippen molar-refractivity contribution < 1.29 is 55.6 Å². The second-order valence-electron chi connectivity index (χ2n) is 7.69. The number of aromatic amines is 1. The summed E-state index contributed by atoms with van der Waals surface area (Å²) in [5.74, 6) is -3.13. The van der Waals surface area contributed by atoms with Gasteiger partial charge in [-0.15, -0.1) is 0 Å². The first-order valence-electron chi connectivity index (χ1n) is 10.6. The lowest BCUT2D eigenvalue weighted by Crippen LogP contribution is -2.24. The number of ether oxygens (including phenoxy) is 2. The number of aliphatic carboxylic acids is 2. The number of hydrogen-bond donors (Lipinski definition) is 3. The number of rotatable bonds is 2. The number of aryl methyl sites for hydroxylation is 1. The summed E-state index contributed by atoms with van der Waals surface area (Å²) in [6.45, 7) is 0.447. The van der Waals surface area contributed by atoms with Crippen LogP contribution in [0.3, 0.4) is 0 Å². The number of H-pyrrole nitrogens is 1.